The number of rotatable bonds is 5. The number of methoxy groups -OCH3 is 1. The van der Waals surface area contributed by atoms with Crippen molar-refractivity contribution in [3.63, 3.8) is 0 Å². The first kappa shape index (κ1) is 16.2. The Balaban J connectivity index is 2.13. The van der Waals surface area contributed by atoms with Crippen molar-refractivity contribution >= 4 is 11.6 Å². The molecule has 0 bridgehead atoms. The Morgan fingerprint density at radius 1 is 1.38 bits per heavy atom. The summed E-state index contributed by atoms with van der Waals surface area (Å²) >= 11 is 6.11. The molecule has 0 spiro atoms. The van der Waals surface area contributed by atoms with Gasteiger partial charge in [-0.2, -0.15) is 5.26 Å². The maximum Gasteiger partial charge on any atom is 0.122 e. The monoisotopic (exact) mass is 305 g/mol. The fraction of sp³-hybridized carbons (Fsp3) is 0.611. The van der Waals surface area contributed by atoms with Gasteiger partial charge in [0.2, 0.25) is 0 Å². The van der Waals surface area contributed by atoms with Crippen molar-refractivity contribution in [2.24, 2.45) is 11.3 Å². The Bertz CT molecular complexity index is 512. The molecule has 0 radical (unpaired) electrons. The molecular formula is C18H24ClNO. The summed E-state index contributed by atoms with van der Waals surface area (Å²) in [5.41, 5.74) is 0.808. The molecule has 0 atom stereocenters. The largest absolute Gasteiger partial charge is 0.496 e. The predicted octanol–water partition coefficient (Wildman–Crippen LogP) is 5.39. The summed E-state index contributed by atoms with van der Waals surface area (Å²) in [5, 5.41) is 10.4. The summed E-state index contributed by atoms with van der Waals surface area (Å²) in [5.74, 6) is 1.64. The highest BCUT2D eigenvalue weighted by Crippen LogP contribution is 2.43. The first-order chi connectivity index (χ1) is 10.1. The van der Waals surface area contributed by atoms with Gasteiger partial charge in [-0.15, -0.1) is 0 Å². The van der Waals surface area contributed by atoms with Crippen molar-refractivity contribution in [3.8, 4) is 11.8 Å². The van der Waals surface area contributed by atoms with E-state index in [0.717, 1.165) is 36.5 Å². The van der Waals surface area contributed by atoms with E-state index < -0.39 is 0 Å². The van der Waals surface area contributed by atoms with Crippen LogP contribution in [-0.2, 0) is 6.42 Å². The second-order valence-corrected chi connectivity index (χ2v) is 6.69. The van der Waals surface area contributed by atoms with Gasteiger partial charge in [0.1, 0.15) is 5.75 Å². The number of hydrogen-bond donors (Lipinski definition) is 0. The van der Waals surface area contributed by atoms with Crippen molar-refractivity contribution < 1.29 is 4.74 Å². The molecule has 2 nitrogen and oxygen atoms in total. The van der Waals surface area contributed by atoms with Crippen molar-refractivity contribution in [1.82, 2.24) is 0 Å². The zero-order valence-electron chi connectivity index (χ0n) is 13.0. The van der Waals surface area contributed by atoms with Crippen LogP contribution in [0.1, 0.15) is 51.0 Å². The van der Waals surface area contributed by atoms with Gasteiger partial charge in [0, 0.05) is 5.02 Å². The Morgan fingerprint density at radius 3 is 2.67 bits per heavy atom. The summed E-state index contributed by atoms with van der Waals surface area (Å²) in [7, 11) is 1.67. The maximum atomic E-state index is 9.73. The molecule has 1 aromatic rings. The van der Waals surface area contributed by atoms with Crippen molar-refractivity contribution in [2.45, 2.75) is 51.9 Å². The molecule has 1 aromatic carbocycles. The van der Waals surface area contributed by atoms with Crippen LogP contribution in [0.15, 0.2) is 18.2 Å². The van der Waals surface area contributed by atoms with Gasteiger partial charge in [-0.05, 0) is 61.8 Å². The van der Waals surface area contributed by atoms with Crippen LogP contribution in [0.2, 0.25) is 5.02 Å². The molecule has 1 fully saturated rings. The number of nitriles is 1. The lowest BCUT2D eigenvalue weighted by molar-refractivity contribution is 0.199. The molecule has 0 unspecified atom stereocenters. The summed E-state index contributed by atoms with van der Waals surface area (Å²) < 4.78 is 5.42. The fourth-order valence-corrected chi connectivity index (χ4v) is 3.70. The molecule has 0 saturated heterocycles. The number of nitrogens with zero attached hydrogens (tertiary/aromatic N) is 1. The van der Waals surface area contributed by atoms with Crippen LogP contribution >= 0.6 is 11.6 Å². The number of hydrogen-bond acceptors (Lipinski definition) is 2. The minimum absolute atomic E-state index is 0.248. The van der Waals surface area contributed by atoms with Crippen LogP contribution in [0.4, 0.5) is 0 Å². The summed E-state index contributed by atoms with van der Waals surface area (Å²) in [4.78, 5) is 0. The zero-order chi connectivity index (χ0) is 15.3. The lowest BCUT2D eigenvalue weighted by Crippen LogP contribution is -2.28. The first-order valence-corrected chi connectivity index (χ1v) is 8.24. The van der Waals surface area contributed by atoms with Gasteiger partial charge < -0.3 is 4.74 Å². The van der Waals surface area contributed by atoms with Gasteiger partial charge in [0.05, 0.1) is 18.6 Å². The summed E-state index contributed by atoms with van der Waals surface area (Å²) in [6.07, 6.45) is 7.60. The van der Waals surface area contributed by atoms with E-state index in [1.165, 1.54) is 25.7 Å². The Hall–Kier alpha value is -1.20. The molecule has 0 aliphatic heterocycles. The zero-order valence-corrected chi connectivity index (χ0v) is 13.7. The van der Waals surface area contributed by atoms with E-state index >= 15 is 0 Å². The maximum absolute atomic E-state index is 9.73. The third kappa shape index (κ3) is 3.92. The third-order valence-electron chi connectivity index (χ3n) is 4.77. The van der Waals surface area contributed by atoms with Gasteiger partial charge in [-0.3, -0.25) is 0 Å². The van der Waals surface area contributed by atoms with E-state index in [9.17, 15) is 5.26 Å². The molecule has 3 heteroatoms. The molecule has 0 N–H and O–H groups in total. The lowest BCUT2D eigenvalue weighted by Gasteiger charge is -2.35. The first-order valence-electron chi connectivity index (χ1n) is 7.86. The standard InChI is InChI=1S/C18H24ClNO/c1-3-4-14-7-9-18(13-20,10-8-14)12-15-11-16(19)5-6-17(15)21-2/h5-6,11,14H,3-4,7-10,12H2,1-2H3. The van der Waals surface area contributed by atoms with Gasteiger partial charge in [-0.1, -0.05) is 31.4 Å². The minimum Gasteiger partial charge on any atom is -0.496 e. The Labute approximate surface area is 133 Å². The van der Waals surface area contributed by atoms with Crippen molar-refractivity contribution in [3.05, 3.63) is 28.8 Å². The van der Waals surface area contributed by atoms with Crippen LogP contribution in [0.25, 0.3) is 0 Å². The van der Waals surface area contributed by atoms with Crippen LogP contribution in [0.5, 0.6) is 5.75 Å². The van der Waals surface area contributed by atoms with Crippen LogP contribution in [-0.4, -0.2) is 7.11 Å². The number of ether oxygens (including phenoxy) is 1. The third-order valence-corrected chi connectivity index (χ3v) is 5.00. The van der Waals surface area contributed by atoms with E-state index in [2.05, 4.69) is 13.0 Å². The normalized spacial score (nSPS) is 25.3. The van der Waals surface area contributed by atoms with E-state index in [-0.39, 0.29) is 5.41 Å². The summed E-state index contributed by atoms with van der Waals surface area (Å²) in [6.45, 7) is 2.24. The average molecular weight is 306 g/mol. The van der Waals surface area contributed by atoms with Gasteiger partial charge in [0.25, 0.3) is 0 Å². The molecule has 21 heavy (non-hydrogen) atoms. The summed E-state index contributed by atoms with van der Waals surface area (Å²) in [6, 6.07) is 8.27. The van der Waals surface area contributed by atoms with Gasteiger partial charge in [-0.25, -0.2) is 0 Å². The van der Waals surface area contributed by atoms with E-state index in [4.69, 9.17) is 16.3 Å². The highest BCUT2D eigenvalue weighted by atomic mass is 35.5. The van der Waals surface area contributed by atoms with Gasteiger partial charge in [0.15, 0.2) is 0 Å². The second kappa shape index (κ2) is 7.18. The molecule has 114 valence electrons. The Kier molecular flexibility index (Phi) is 5.53. The van der Waals surface area contributed by atoms with Gasteiger partial charge >= 0.3 is 0 Å². The second-order valence-electron chi connectivity index (χ2n) is 6.26. The Morgan fingerprint density at radius 2 is 2.10 bits per heavy atom. The van der Waals surface area contributed by atoms with E-state index in [1.54, 1.807) is 7.11 Å². The molecular weight excluding hydrogens is 282 g/mol. The molecule has 2 rings (SSSR count). The van der Waals surface area contributed by atoms with E-state index in [1.807, 2.05) is 18.2 Å². The molecule has 0 aromatic heterocycles. The van der Waals surface area contributed by atoms with Crippen LogP contribution < -0.4 is 4.74 Å². The highest BCUT2D eigenvalue weighted by molar-refractivity contribution is 6.30. The lowest BCUT2D eigenvalue weighted by atomic mass is 9.67. The van der Waals surface area contributed by atoms with Crippen molar-refractivity contribution in [1.29, 1.82) is 5.26 Å². The predicted molar refractivity (Wildman–Crippen MR) is 86.6 cm³/mol. The smallest absolute Gasteiger partial charge is 0.122 e. The number of benzene rings is 1. The average Bonchev–Trinajstić information content (AvgIpc) is 2.50. The quantitative estimate of drug-likeness (QED) is 0.730. The fourth-order valence-electron chi connectivity index (χ4n) is 3.51. The molecule has 0 amide bonds. The van der Waals surface area contributed by atoms with Crippen LogP contribution in [0.3, 0.4) is 0 Å². The minimum atomic E-state index is -0.248. The SMILES string of the molecule is CCCC1CCC(C#N)(Cc2cc(Cl)ccc2OC)CC1. The molecule has 1 saturated carbocycles. The molecule has 0 heterocycles. The molecule has 1 aliphatic carbocycles. The topological polar surface area (TPSA) is 33.0 Å². The van der Waals surface area contributed by atoms with E-state index in [0.29, 0.717) is 5.02 Å². The van der Waals surface area contributed by atoms with Crippen molar-refractivity contribution in [2.75, 3.05) is 7.11 Å². The van der Waals surface area contributed by atoms with Crippen LogP contribution in [0, 0.1) is 22.7 Å². The number of halogens is 1. The molecule has 1 aliphatic rings. The highest BCUT2D eigenvalue weighted by Gasteiger charge is 2.36.